The molecular formula is C17H26N2O3. The number of rotatable bonds is 6. The highest BCUT2D eigenvalue weighted by Crippen LogP contribution is 2.20. The SMILES string of the molecule is CCN(CC)c1ccc(C(=O)NCC2(O)CCOCC2)cc1. The summed E-state index contributed by atoms with van der Waals surface area (Å²) in [6.07, 6.45) is 1.13. The first-order valence-electron chi connectivity index (χ1n) is 8.01. The molecule has 1 heterocycles. The van der Waals surface area contributed by atoms with E-state index in [1.165, 1.54) is 0 Å². The summed E-state index contributed by atoms with van der Waals surface area (Å²) >= 11 is 0. The fourth-order valence-electron chi connectivity index (χ4n) is 2.69. The van der Waals surface area contributed by atoms with Crippen LogP contribution in [0.3, 0.4) is 0 Å². The van der Waals surface area contributed by atoms with Crippen LogP contribution in [0, 0.1) is 0 Å². The van der Waals surface area contributed by atoms with Gasteiger partial charge in [0.05, 0.1) is 5.60 Å². The minimum atomic E-state index is -0.838. The predicted molar refractivity (Wildman–Crippen MR) is 87.3 cm³/mol. The van der Waals surface area contributed by atoms with Crippen molar-refractivity contribution in [3.8, 4) is 0 Å². The zero-order valence-corrected chi connectivity index (χ0v) is 13.5. The first kappa shape index (κ1) is 16.8. The highest BCUT2D eigenvalue weighted by molar-refractivity contribution is 5.94. The predicted octanol–water partition coefficient (Wildman–Crippen LogP) is 1.80. The highest BCUT2D eigenvalue weighted by atomic mass is 16.5. The molecule has 2 N–H and O–H groups in total. The third kappa shape index (κ3) is 4.21. The number of benzene rings is 1. The maximum absolute atomic E-state index is 12.2. The van der Waals surface area contributed by atoms with Crippen LogP contribution >= 0.6 is 0 Å². The Morgan fingerprint density at radius 3 is 2.36 bits per heavy atom. The molecule has 5 nitrogen and oxygen atoms in total. The Hall–Kier alpha value is -1.59. The molecule has 1 aromatic carbocycles. The molecular weight excluding hydrogens is 280 g/mol. The molecule has 1 saturated heterocycles. The quantitative estimate of drug-likeness (QED) is 0.841. The summed E-state index contributed by atoms with van der Waals surface area (Å²) in [5.74, 6) is -0.147. The topological polar surface area (TPSA) is 61.8 Å². The molecule has 5 heteroatoms. The van der Waals surface area contributed by atoms with Gasteiger partial charge in [0.1, 0.15) is 0 Å². The van der Waals surface area contributed by atoms with E-state index in [4.69, 9.17) is 4.74 Å². The molecule has 0 aliphatic carbocycles. The smallest absolute Gasteiger partial charge is 0.251 e. The van der Waals surface area contributed by atoms with E-state index in [1.807, 2.05) is 24.3 Å². The number of carbonyl (C=O) groups excluding carboxylic acids is 1. The molecule has 1 amide bonds. The summed E-state index contributed by atoms with van der Waals surface area (Å²) < 4.78 is 5.24. The number of carbonyl (C=O) groups is 1. The minimum Gasteiger partial charge on any atom is -0.388 e. The number of nitrogens with one attached hydrogen (secondary N) is 1. The summed E-state index contributed by atoms with van der Waals surface area (Å²) in [6.45, 7) is 7.47. The summed E-state index contributed by atoms with van der Waals surface area (Å²) in [6, 6.07) is 7.59. The van der Waals surface area contributed by atoms with E-state index < -0.39 is 5.60 Å². The van der Waals surface area contributed by atoms with E-state index in [0.717, 1.165) is 18.8 Å². The van der Waals surface area contributed by atoms with Crippen molar-refractivity contribution in [3.63, 3.8) is 0 Å². The van der Waals surface area contributed by atoms with Gasteiger partial charge in [-0.05, 0) is 38.1 Å². The monoisotopic (exact) mass is 306 g/mol. The second kappa shape index (κ2) is 7.61. The summed E-state index contributed by atoms with van der Waals surface area (Å²) in [5.41, 5.74) is 0.894. The van der Waals surface area contributed by atoms with Gasteiger partial charge in [0, 0.05) is 56.9 Å². The standard InChI is InChI=1S/C17H26N2O3/c1-3-19(4-2)15-7-5-14(6-8-15)16(20)18-13-17(21)9-11-22-12-10-17/h5-8,21H,3-4,9-13H2,1-2H3,(H,18,20). The van der Waals surface area contributed by atoms with Gasteiger partial charge >= 0.3 is 0 Å². The molecule has 1 aliphatic rings. The molecule has 0 spiro atoms. The number of amides is 1. The van der Waals surface area contributed by atoms with Gasteiger partial charge in [-0.15, -0.1) is 0 Å². The van der Waals surface area contributed by atoms with Crippen molar-refractivity contribution in [1.82, 2.24) is 5.32 Å². The highest BCUT2D eigenvalue weighted by Gasteiger charge is 2.30. The fraction of sp³-hybridized carbons (Fsp3) is 0.588. The maximum atomic E-state index is 12.2. The molecule has 0 atom stereocenters. The first-order valence-corrected chi connectivity index (χ1v) is 8.01. The van der Waals surface area contributed by atoms with Crippen LogP contribution in [0.2, 0.25) is 0 Å². The lowest BCUT2D eigenvalue weighted by Gasteiger charge is -2.32. The summed E-state index contributed by atoms with van der Waals surface area (Å²) in [4.78, 5) is 14.4. The van der Waals surface area contributed by atoms with E-state index in [0.29, 0.717) is 31.6 Å². The van der Waals surface area contributed by atoms with Crippen LogP contribution in [0.5, 0.6) is 0 Å². The van der Waals surface area contributed by atoms with E-state index >= 15 is 0 Å². The Morgan fingerprint density at radius 2 is 1.82 bits per heavy atom. The molecule has 0 radical (unpaired) electrons. The number of ether oxygens (including phenoxy) is 1. The third-order valence-electron chi connectivity index (χ3n) is 4.26. The number of nitrogens with zero attached hydrogens (tertiary/aromatic N) is 1. The van der Waals surface area contributed by atoms with Gasteiger partial charge in [-0.25, -0.2) is 0 Å². The van der Waals surface area contributed by atoms with Gasteiger partial charge in [0.25, 0.3) is 5.91 Å². The lowest BCUT2D eigenvalue weighted by atomic mass is 9.94. The molecule has 0 saturated carbocycles. The molecule has 0 bridgehead atoms. The van der Waals surface area contributed by atoms with Crippen LogP contribution in [0.25, 0.3) is 0 Å². The normalized spacial score (nSPS) is 17.0. The molecule has 2 rings (SSSR count). The summed E-state index contributed by atoms with van der Waals surface area (Å²) in [7, 11) is 0. The van der Waals surface area contributed by atoms with Crippen molar-refractivity contribution in [2.75, 3.05) is 37.7 Å². The van der Waals surface area contributed by atoms with Crippen LogP contribution in [-0.4, -0.2) is 49.5 Å². The van der Waals surface area contributed by atoms with Gasteiger partial charge in [0.2, 0.25) is 0 Å². The van der Waals surface area contributed by atoms with Gasteiger partial charge in [-0.2, -0.15) is 0 Å². The van der Waals surface area contributed by atoms with Crippen LogP contribution in [0.4, 0.5) is 5.69 Å². The number of hydrogen-bond donors (Lipinski definition) is 2. The van der Waals surface area contributed by atoms with Crippen LogP contribution in [0.1, 0.15) is 37.0 Å². The Labute approximate surface area is 132 Å². The Kier molecular flexibility index (Phi) is 5.80. The van der Waals surface area contributed by atoms with Crippen molar-refractivity contribution < 1.29 is 14.6 Å². The van der Waals surface area contributed by atoms with Gasteiger partial charge in [-0.3, -0.25) is 4.79 Å². The molecule has 22 heavy (non-hydrogen) atoms. The molecule has 0 unspecified atom stereocenters. The number of aliphatic hydroxyl groups is 1. The van der Waals surface area contributed by atoms with Crippen molar-refractivity contribution >= 4 is 11.6 Å². The average molecular weight is 306 g/mol. The van der Waals surface area contributed by atoms with Gasteiger partial charge < -0.3 is 20.1 Å². The number of hydrogen-bond acceptors (Lipinski definition) is 4. The molecule has 122 valence electrons. The van der Waals surface area contributed by atoms with Crippen molar-refractivity contribution in [2.45, 2.75) is 32.3 Å². The molecule has 0 aromatic heterocycles. The molecule has 1 aromatic rings. The fourth-order valence-corrected chi connectivity index (χ4v) is 2.69. The van der Waals surface area contributed by atoms with E-state index in [-0.39, 0.29) is 12.5 Å². The second-order valence-electron chi connectivity index (χ2n) is 5.74. The maximum Gasteiger partial charge on any atom is 0.251 e. The van der Waals surface area contributed by atoms with Crippen LogP contribution < -0.4 is 10.2 Å². The lowest BCUT2D eigenvalue weighted by Crippen LogP contribution is -2.46. The lowest BCUT2D eigenvalue weighted by molar-refractivity contribution is -0.0605. The van der Waals surface area contributed by atoms with E-state index in [2.05, 4.69) is 24.1 Å². The van der Waals surface area contributed by atoms with E-state index in [1.54, 1.807) is 0 Å². The van der Waals surface area contributed by atoms with E-state index in [9.17, 15) is 9.90 Å². The van der Waals surface area contributed by atoms with Gasteiger partial charge in [-0.1, -0.05) is 0 Å². The Bertz CT molecular complexity index is 477. The van der Waals surface area contributed by atoms with Crippen LogP contribution in [0.15, 0.2) is 24.3 Å². The second-order valence-corrected chi connectivity index (χ2v) is 5.74. The molecule has 1 aliphatic heterocycles. The average Bonchev–Trinajstić information content (AvgIpc) is 2.55. The Balaban J connectivity index is 1.92. The van der Waals surface area contributed by atoms with Gasteiger partial charge in [0.15, 0.2) is 0 Å². The van der Waals surface area contributed by atoms with Crippen molar-refractivity contribution in [3.05, 3.63) is 29.8 Å². The summed E-state index contributed by atoms with van der Waals surface area (Å²) in [5, 5.41) is 13.2. The van der Waals surface area contributed by atoms with Crippen molar-refractivity contribution in [1.29, 1.82) is 0 Å². The largest absolute Gasteiger partial charge is 0.388 e. The minimum absolute atomic E-state index is 0.147. The van der Waals surface area contributed by atoms with Crippen LogP contribution in [-0.2, 0) is 4.74 Å². The number of anilines is 1. The molecule has 1 fully saturated rings. The third-order valence-corrected chi connectivity index (χ3v) is 4.26. The Morgan fingerprint density at radius 1 is 1.23 bits per heavy atom. The zero-order valence-electron chi connectivity index (χ0n) is 13.5. The zero-order chi connectivity index (χ0) is 16.0. The van der Waals surface area contributed by atoms with Crippen molar-refractivity contribution in [2.24, 2.45) is 0 Å². The first-order chi connectivity index (χ1) is 10.6.